The minimum Gasteiger partial charge on any atom is -0.496 e. The van der Waals surface area contributed by atoms with Gasteiger partial charge in [-0.3, -0.25) is 0 Å². The van der Waals surface area contributed by atoms with Gasteiger partial charge in [-0.25, -0.2) is 13.2 Å². The van der Waals surface area contributed by atoms with Crippen LogP contribution in [0.5, 0.6) is 5.75 Å². The third-order valence-corrected chi connectivity index (χ3v) is 7.66. The number of carbonyl (C=O) groups excluding carboxylic acids is 1. The molecule has 0 spiro atoms. The van der Waals surface area contributed by atoms with Crippen LogP contribution in [0.25, 0.3) is 0 Å². The van der Waals surface area contributed by atoms with Gasteiger partial charge in [-0.2, -0.15) is 4.31 Å². The summed E-state index contributed by atoms with van der Waals surface area (Å²) in [6.07, 6.45) is 1.64. The van der Waals surface area contributed by atoms with E-state index in [1.165, 1.54) is 4.31 Å². The Balaban J connectivity index is 1.62. The number of amides is 2. The fraction of sp³-hybridized carbons (Fsp3) is 0.435. The number of hydrogen-bond donors (Lipinski definition) is 2. The zero-order valence-electron chi connectivity index (χ0n) is 18.6. The molecule has 7 nitrogen and oxygen atoms in total. The maximum absolute atomic E-state index is 13.3. The van der Waals surface area contributed by atoms with Gasteiger partial charge in [0.1, 0.15) is 5.75 Å². The Morgan fingerprint density at radius 2 is 1.84 bits per heavy atom. The average Bonchev–Trinajstić information content (AvgIpc) is 2.75. The summed E-state index contributed by atoms with van der Waals surface area (Å²) >= 11 is 0. The molecule has 0 bridgehead atoms. The number of sulfonamides is 1. The van der Waals surface area contributed by atoms with E-state index in [1.807, 2.05) is 38.1 Å². The molecule has 1 atom stereocenters. The zero-order valence-corrected chi connectivity index (χ0v) is 19.4. The molecule has 2 aromatic carbocycles. The Kier molecular flexibility index (Phi) is 7.23. The normalized spacial score (nSPS) is 17.2. The summed E-state index contributed by atoms with van der Waals surface area (Å²) in [5.74, 6) is 0.740. The highest BCUT2D eigenvalue weighted by Crippen LogP contribution is 2.30. The minimum atomic E-state index is -3.61. The number of rotatable bonds is 6. The monoisotopic (exact) mass is 445 g/mol. The fourth-order valence-electron chi connectivity index (χ4n) is 3.86. The predicted octanol–water partition coefficient (Wildman–Crippen LogP) is 3.84. The van der Waals surface area contributed by atoms with E-state index in [-0.39, 0.29) is 11.9 Å². The molecule has 2 amide bonds. The van der Waals surface area contributed by atoms with Gasteiger partial charge in [-0.1, -0.05) is 17.7 Å². The number of aryl methyl sites for hydroxylation is 3. The van der Waals surface area contributed by atoms with Crippen molar-refractivity contribution in [3.8, 4) is 5.75 Å². The van der Waals surface area contributed by atoms with E-state index >= 15 is 0 Å². The van der Waals surface area contributed by atoms with Crippen molar-refractivity contribution in [2.45, 2.75) is 38.5 Å². The van der Waals surface area contributed by atoms with Gasteiger partial charge in [0.25, 0.3) is 0 Å². The van der Waals surface area contributed by atoms with E-state index in [1.54, 1.807) is 26.2 Å². The lowest BCUT2D eigenvalue weighted by Crippen LogP contribution is -2.44. The first-order valence-electron chi connectivity index (χ1n) is 10.5. The summed E-state index contributed by atoms with van der Waals surface area (Å²) in [6.45, 7) is 6.91. The maximum Gasteiger partial charge on any atom is 0.319 e. The molecule has 31 heavy (non-hydrogen) atoms. The molecule has 1 unspecified atom stereocenters. The number of anilines is 1. The highest BCUT2D eigenvalue weighted by Gasteiger charge is 2.31. The molecule has 1 heterocycles. The Hall–Kier alpha value is -2.58. The highest BCUT2D eigenvalue weighted by atomic mass is 32.2. The first kappa shape index (κ1) is 23.1. The van der Waals surface area contributed by atoms with Gasteiger partial charge >= 0.3 is 6.03 Å². The number of hydrogen-bond acceptors (Lipinski definition) is 4. The van der Waals surface area contributed by atoms with Crippen LogP contribution in [-0.2, 0) is 10.0 Å². The summed E-state index contributed by atoms with van der Waals surface area (Å²) in [5.41, 5.74) is 3.30. The van der Waals surface area contributed by atoms with Crippen molar-refractivity contribution in [1.82, 2.24) is 9.62 Å². The zero-order chi connectivity index (χ0) is 22.6. The van der Waals surface area contributed by atoms with Crippen LogP contribution in [0.4, 0.5) is 10.5 Å². The largest absolute Gasteiger partial charge is 0.496 e. The summed E-state index contributed by atoms with van der Waals surface area (Å²) < 4.78 is 33.4. The lowest BCUT2D eigenvalue weighted by Gasteiger charge is -2.32. The average molecular weight is 446 g/mol. The Morgan fingerprint density at radius 1 is 1.13 bits per heavy atom. The Morgan fingerprint density at radius 3 is 2.52 bits per heavy atom. The Labute approximate surface area is 184 Å². The third kappa shape index (κ3) is 5.57. The lowest BCUT2D eigenvalue weighted by molar-refractivity contribution is 0.238. The van der Waals surface area contributed by atoms with E-state index in [0.717, 1.165) is 29.7 Å². The van der Waals surface area contributed by atoms with Crippen LogP contribution < -0.4 is 15.4 Å². The number of nitrogens with one attached hydrogen (secondary N) is 2. The number of carbonyl (C=O) groups is 1. The van der Waals surface area contributed by atoms with Gasteiger partial charge in [-0.15, -0.1) is 0 Å². The molecule has 1 saturated heterocycles. The van der Waals surface area contributed by atoms with E-state index in [2.05, 4.69) is 10.6 Å². The molecule has 0 aromatic heterocycles. The molecule has 8 heteroatoms. The first-order chi connectivity index (χ1) is 14.7. The number of ether oxygens (including phenoxy) is 1. The van der Waals surface area contributed by atoms with Crippen LogP contribution >= 0.6 is 0 Å². The van der Waals surface area contributed by atoms with Gasteiger partial charge in [0.2, 0.25) is 10.0 Å². The number of urea groups is 1. The van der Waals surface area contributed by atoms with Crippen LogP contribution in [0, 0.1) is 26.7 Å². The van der Waals surface area contributed by atoms with Gasteiger partial charge < -0.3 is 15.4 Å². The summed E-state index contributed by atoms with van der Waals surface area (Å²) in [7, 11) is -2.04. The molecule has 1 aliphatic heterocycles. The van der Waals surface area contributed by atoms with Crippen LogP contribution in [0.15, 0.2) is 41.3 Å². The standard InChI is InChI=1S/C23H31N3O4S/c1-16-7-9-20(10-8-16)25-23(27)24-14-19-6-5-11-26(15-19)31(28,29)22-13-17(2)21(30-4)12-18(22)3/h7-10,12-13,19H,5-6,11,14-15H2,1-4H3,(H2,24,25,27). The molecule has 168 valence electrons. The fourth-order valence-corrected chi connectivity index (χ4v) is 5.71. The van der Waals surface area contributed by atoms with Gasteiger partial charge in [-0.05, 0) is 74.9 Å². The second-order valence-corrected chi connectivity index (χ2v) is 10.1. The van der Waals surface area contributed by atoms with Gasteiger partial charge in [0.05, 0.1) is 12.0 Å². The van der Waals surface area contributed by atoms with Crippen molar-refractivity contribution in [3.63, 3.8) is 0 Å². The van der Waals surface area contributed by atoms with Crippen LogP contribution in [0.1, 0.15) is 29.5 Å². The van der Waals surface area contributed by atoms with Crippen LogP contribution in [0.2, 0.25) is 0 Å². The molecule has 0 aliphatic carbocycles. The van der Waals surface area contributed by atoms with Crippen LogP contribution in [0.3, 0.4) is 0 Å². The van der Waals surface area contributed by atoms with E-state index in [9.17, 15) is 13.2 Å². The molecular weight excluding hydrogens is 414 g/mol. The van der Waals surface area contributed by atoms with Crippen molar-refractivity contribution >= 4 is 21.7 Å². The lowest BCUT2D eigenvalue weighted by atomic mass is 10.00. The van der Waals surface area contributed by atoms with E-state index in [4.69, 9.17) is 4.74 Å². The maximum atomic E-state index is 13.3. The van der Waals surface area contributed by atoms with Gasteiger partial charge in [0.15, 0.2) is 0 Å². The number of methoxy groups -OCH3 is 1. The van der Waals surface area contributed by atoms with Crippen molar-refractivity contribution in [3.05, 3.63) is 53.1 Å². The summed E-state index contributed by atoms with van der Waals surface area (Å²) in [6, 6.07) is 10.7. The topological polar surface area (TPSA) is 87.7 Å². The smallest absolute Gasteiger partial charge is 0.319 e. The number of piperidine rings is 1. The predicted molar refractivity (Wildman–Crippen MR) is 122 cm³/mol. The highest BCUT2D eigenvalue weighted by molar-refractivity contribution is 7.89. The SMILES string of the molecule is COc1cc(C)c(S(=O)(=O)N2CCCC(CNC(=O)Nc3ccc(C)cc3)C2)cc1C. The molecule has 2 aromatic rings. The molecule has 3 rings (SSSR count). The van der Waals surface area contributed by atoms with Crippen molar-refractivity contribution in [2.75, 3.05) is 32.1 Å². The van der Waals surface area contributed by atoms with Crippen molar-refractivity contribution < 1.29 is 17.9 Å². The molecule has 1 aliphatic rings. The summed E-state index contributed by atoms with van der Waals surface area (Å²) in [4.78, 5) is 12.5. The second kappa shape index (κ2) is 9.70. The quantitative estimate of drug-likeness (QED) is 0.707. The molecule has 1 fully saturated rings. The number of benzene rings is 2. The van der Waals surface area contributed by atoms with Crippen molar-refractivity contribution in [2.24, 2.45) is 5.92 Å². The molecular formula is C23H31N3O4S. The molecule has 2 N–H and O–H groups in total. The Bertz CT molecular complexity index is 1040. The number of nitrogens with zero attached hydrogens (tertiary/aromatic N) is 1. The second-order valence-electron chi connectivity index (χ2n) is 8.16. The third-order valence-electron chi connectivity index (χ3n) is 5.65. The molecule has 0 radical (unpaired) electrons. The van der Waals surface area contributed by atoms with Gasteiger partial charge in [0, 0.05) is 25.3 Å². The minimum absolute atomic E-state index is 0.0620. The van der Waals surface area contributed by atoms with E-state index in [0.29, 0.717) is 35.8 Å². The summed E-state index contributed by atoms with van der Waals surface area (Å²) in [5, 5.41) is 5.68. The molecule has 0 saturated carbocycles. The van der Waals surface area contributed by atoms with Crippen molar-refractivity contribution in [1.29, 1.82) is 0 Å². The van der Waals surface area contributed by atoms with Crippen LogP contribution in [-0.4, -0.2) is 45.5 Å². The first-order valence-corrected chi connectivity index (χ1v) is 11.9. The van der Waals surface area contributed by atoms with E-state index < -0.39 is 10.0 Å².